The molecule has 0 aliphatic heterocycles. The van der Waals surface area contributed by atoms with Gasteiger partial charge in [0.2, 0.25) is 5.82 Å². The molecule has 210 valence electrons. The van der Waals surface area contributed by atoms with Crippen molar-refractivity contribution in [1.29, 1.82) is 0 Å². The molecule has 3 N–H and O–H groups in total. The second-order valence-electron chi connectivity index (χ2n) is 9.81. The fraction of sp³-hybridized carbons (Fsp3) is 0.172. The van der Waals surface area contributed by atoms with Gasteiger partial charge in [0.1, 0.15) is 23.5 Å². The second kappa shape index (κ2) is 11.5. The lowest BCUT2D eigenvalue weighted by atomic mass is 9.95. The lowest BCUT2D eigenvalue weighted by Gasteiger charge is -2.21. The van der Waals surface area contributed by atoms with E-state index in [-0.39, 0.29) is 23.7 Å². The summed E-state index contributed by atoms with van der Waals surface area (Å²) in [5, 5.41) is 20.1. The number of aromatic nitrogens is 7. The Bertz CT molecular complexity index is 1810. The van der Waals surface area contributed by atoms with Gasteiger partial charge in [-0.3, -0.25) is 14.6 Å². The van der Waals surface area contributed by atoms with E-state index in [0.717, 1.165) is 38.0 Å². The molecular formula is C29H23BrFN9O2. The summed E-state index contributed by atoms with van der Waals surface area (Å²) in [7, 11) is 0. The zero-order chi connectivity index (χ0) is 29.2. The normalized spacial score (nSPS) is 13.9. The molecule has 0 unspecified atom stereocenters. The summed E-state index contributed by atoms with van der Waals surface area (Å²) in [5.41, 5.74) is 5.68. The van der Waals surface area contributed by atoms with Crippen LogP contribution in [-0.4, -0.2) is 47.4 Å². The molecule has 0 radical (unpaired) electrons. The summed E-state index contributed by atoms with van der Waals surface area (Å²) in [6, 6.07) is 13.2. The van der Waals surface area contributed by atoms with E-state index >= 15 is 0 Å². The second-order valence-corrected chi connectivity index (χ2v) is 10.7. The van der Waals surface area contributed by atoms with Crippen LogP contribution in [0, 0.1) is 12.7 Å². The molecule has 3 aromatic heterocycles. The number of carbonyl (C=O) groups excluding carboxylic acids is 2. The number of hydrogen-bond donors (Lipinski definition) is 3. The van der Waals surface area contributed by atoms with Gasteiger partial charge in [-0.2, -0.15) is 5.21 Å². The van der Waals surface area contributed by atoms with Crippen LogP contribution in [0.4, 0.5) is 4.39 Å². The van der Waals surface area contributed by atoms with Crippen LogP contribution in [0.3, 0.4) is 0 Å². The first-order valence-electron chi connectivity index (χ1n) is 13.0. The van der Waals surface area contributed by atoms with Crippen LogP contribution in [0.1, 0.15) is 60.5 Å². The third-order valence-corrected chi connectivity index (χ3v) is 7.48. The van der Waals surface area contributed by atoms with Gasteiger partial charge in [-0.1, -0.05) is 24.3 Å². The van der Waals surface area contributed by atoms with Gasteiger partial charge in [0.05, 0.1) is 11.7 Å². The number of carbonyl (C=O) groups is 2. The number of amides is 2. The number of rotatable bonds is 6. The van der Waals surface area contributed by atoms with Gasteiger partial charge in [0.15, 0.2) is 0 Å². The molecule has 6 rings (SSSR count). The van der Waals surface area contributed by atoms with Crippen molar-refractivity contribution in [2.24, 2.45) is 0 Å². The first-order chi connectivity index (χ1) is 20.4. The Morgan fingerprint density at radius 2 is 1.81 bits per heavy atom. The van der Waals surface area contributed by atoms with E-state index in [9.17, 15) is 14.0 Å². The molecule has 0 fully saturated rings. The monoisotopic (exact) mass is 627 g/mol. The van der Waals surface area contributed by atoms with Crippen LogP contribution >= 0.6 is 15.9 Å². The highest BCUT2D eigenvalue weighted by Crippen LogP contribution is 2.34. The number of aromatic amines is 1. The summed E-state index contributed by atoms with van der Waals surface area (Å²) >= 11 is 3.50. The minimum absolute atomic E-state index is 0.0284. The van der Waals surface area contributed by atoms with E-state index in [2.05, 4.69) is 62.1 Å². The summed E-state index contributed by atoms with van der Waals surface area (Å²) < 4.78 is 14.4. The summed E-state index contributed by atoms with van der Waals surface area (Å²) in [5.74, 6) is -0.816. The quantitative estimate of drug-likeness (QED) is 0.257. The molecule has 13 heteroatoms. The average Bonchev–Trinajstić information content (AvgIpc) is 3.50. The number of aryl methyl sites for hydroxylation is 3. The maximum Gasteiger partial charge on any atom is 0.270 e. The number of tetrazole rings is 1. The predicted molar refractivity (Wildman–Crippen MR) is 153 cm³/mol. The Balaban J connectivity index is 1.26. The molecule has 2 amide bonds. The number of fused-ring (bicyclic) bond motifs is 2. The Kier molecular flexibility index (Phi) is 7.48. The van der Waals surface area contributed by atoms with E-state index in [0.29, 0.717) is 24.2 Å². The Morgan fingerprint density at radius 1 is 1.00 bits per heavy atom. The highest BCUT2D eigenvalue weighted by atomic mass is 79.9. The van der Waals surface area contributed by atoms with Crippen molar-refractivity contribution in [3.63, 3.8) is 0 Å². The molecular weight excluding hydrogens is 605 g/mol. The lowest BCUT2D eigenvalue weighted by Crippen LogP contribution is -2.32. The standard InChI is InChI=1S/C29H23BrFN9O2/c1-15-8-16(2-7-22(15)31)12-33-28(41)23-11-24(35-14-34-23)29(42)36-26-21-6-5-19(27-37-39-40-38-27)9-17(21)3-4-18-10-20(30)13-32-25(18)26/h2,5-11,13-14,26H,3-4,12H2,1H3,(H,33,41)(H,36,42)(H,37,38,39,40)/t26-/m0/s1. The molecule has 1 aliphatic rings. The molecule has 3 heterocycles. The van der Waals surface area contributed by atoms with Gasteiger partial charge >= 0.3 is 0 Å². The molecule has 5 aromatic rings. The van der Waals surface area contributed by atoms with Gasteiger partial charge in [0, 0.05) is 28.8 Å². The minimum atomic E-state index is -0.577. The third-order valence-electron chi connectivity index (χ3n) is 7.05. The van der Waals surface area contributed by atoms with Crippen LogP contribution in [-0.2, 0) is 19.4 Å². The minimum Gasteiger partial charge on any atom is -0.347 e. The van der Waals surface area contributed by atoms with Gasteiger partial charge in [-0.25, -0.2) is 14.4 Å². The SMILES string of the molecule is Cc1cc(CNC(=O)c2cc(C(=O)N[C@H]3c4ccc(-c5nn[nH]n5)cc4CCc4cc(Br)cnc43)ncn2)ccc1F. The molecule has 2 aromatic carbocycles. The van der Waals surface area contributed by atoms with Gasteiger partial charge in [-0.05, 0) is 86.9 Å². The molecule has 0 saturated carbocycles. The molecule has 0 spiro atoms. The lowest BCUT2D eigenvalue weighted by molar-refractivity contribution is 0.0937. The molecule has 11 nitrogen and oxygen atoms in total. The Morgan fingerprint density at radius 3 is 2.60 bits per heavy atom. The highest BCUT2D eigenvalue weighted by Gasteiger charge is 2.28. The van der Waals surface area contributed by atoms with Crippen LogP contribution in [0.5, 0.6) is 0 Å². The van der Waals surface area contributed by atoms with Crippen LogP contribution in [0.15, 0.2) is 65.5 Å². The van der Waals surface area contributed by atoms with Crippen molar-refractivity contribution >= 4 is 27.7 Å². The molecule has 1 aliphatic carbocycles. The number of nitrogens with one attached hydrogen (secondary N) is 3. The smallest absolute Gasteiger partial charge is 0.270 e. The largest absolute Gasteiger partial charge is 0.347 e. The Hall–Kier alpha value is -4.91. The van der Waals surface area contributed by atoms with E-state index in [1.54, 1.807) is 25.3 Å². The zero-order valence-electron chi connectivity index (χ0n) is 22.2. The molecule has 1 atom stereocenters. The predicted octanol–water partition coefficient (Wildman–Crippen LogP) is 3.81. The van der Waals surface area contributed by atoms with Crippen LogP contribution in [0.25, 0.3) is 11.4 Å². The maximum atomic E-state index is 13.6. The summed E-state index contributed by atoms with van der Waals surface area (Å²) in [6.45, 7) is 1.83. The van der Waals surface area contributed by atoms with Crippen molar-refractivity contribution < 1.29 is 14.0 Å². The van der Waals surface area contributed by atoms with Gasteiger partial charge in [0.25, 0.3) is 11.8 Å². The van der Waals surface area contributed by atoms with Gasteiger partial charge < -0.3 is 10.6 Å². The topological polar surface area (TPSA) is 151 Å². The van der Waals surface area contributed by atoms with Crippen LogP contribution in [0.2, 0.25) is 0 Å². The van der Waals surface area contributed by atoms with E-state index in [4.69, 9.17) is 0 Å². The van der Waals surface area contributed by atoms with E-state index in [1.165, 1.54) is 18.5 Å². The molecule has 0 saturated heterocycles. The average molecular weight is 628 g/mol. The van der Waals surface area contributed by atoms with Gasteiger partial charge in [-0.15, -0.1) is 10.2 Å². The Labute approximate surface area is 247 Å². The van der Waals surface area contributed by atoms with Crippen molar-refractivity contribution in [1.82, 2.24) is 46.2 Å². The van der Waals surface area contributed by atoms with Crippen molar-refractivity contribution in [2.45, 2.75) is 32.4 Å². The number of H-pyrrole nitrogens is 1. The highest BCUT2D eigenvalue weighted by molar-refractivity contribution is 9.10. The number of benzene rings is 2. The maximum absolute atomic E-state index is 13.6. The number of hydrogen-bond acceptors (Lipinski definition) is 8. The zero-order valence-corrected chi connectivity index (χ0v) is 23.8. The first-order valence-corrected chi connectivity index (χ1v) is 13.8. The molecule has 42 heavy (non-hydrogen) atoms. The summed E-state index contributed by atoms with van der Waals surface area (Å²) in [6.07, 6.45) is 4.30. The van der Waals surface area contributed by atoms with Crippen molar-refractivity contribution in [3.05, 3.63) is 116 Å². The van der Waals surface area contributed by atoms with E-state index in [1.807, 2.05) is 24.3 Å². The fourth-order valence-electron chi connectivity index (χ4n) is 4.94. The summed E-state index contributed by atoms with van der Waals surface area (Å²) in [4.78, 5) is 39.2. The van der Waals surface area contributed by atoms with Crippen molar-refractivity contribution in [3.8, 4) is 11.4 Å². The van der Waals surface area contributed by atoms with Crippen LogP contribution < -0.4 is 10.6 Å². The number of nitrogens with zero attached hydrogens (tertiary/aromatic N) is 6. The molecule has 0 bridgehead atoms. The van der Waals surface area contributed by atoms with Crippen molar-refractivity contribution in [2.75, 3.05) is 0 Å². The fourth-order valence-corrected chi connectivity index (χ4v) is 5.32. The third kappa shape index (κ3) is 5.63. The number of pyridine rings is 1. The van der Waals surface area contributed by atoms with E-state index < -0.39 is 17.9 Å². The number of halogens is 2. The first kappa shape index (κ1) is 27.3.